The summed E-state index contributed by atoms with van der Waals surface area (Å²) in [5, 5.41) is 0.891. The first-order valence-corrected chi connectivity index (χ1v) is 6.38. The number of Topliss-reactive ketones (excluding diaryl/α,β-unsaturated/α-hetero) is 1. The first-order chi connectivity index (χ1) is 9.66. The zero-order chi connectivity index (χ0) is 14.1. The number of aromatic nitrogens is 1. The molecule has 2 aromatic carbocycles. The molecular formula is C17H13NO2. The third-order valence-corrected chi connectivity index (χ3v) is 3.34. The smallest absolute Gasteiger partial charge is 0.262 e. The molecule has 1 heterocycles. The molecule has 0 bridgehead atoms. The van der Waals surface area contributed by atoms with E-state index >= 15 is 0 Å². The molecule has 0 saturated carbocycles. The standard InChI is InChI=1S/C17H13NO2/c1-12(19)14-7-8-16-15(11-14)9-10-18(16)17(20)13-5-3-2-4-6-13/h2-11H,1H3. The Kier molecular flexibility index (Phi) is 2.95. The van der Waals surface area contributed by atoms with Crippen molar-refractivity contribution in [3.63, 3.8) is 0 Å². The average Bonchev–Trinajstić information content (AvgIpc) is 2.90. The molecule has 0 fully saturated rings. The Hall–Kier alpha value is -2.68. The number of ketones is 1. The zero-order valence-electron chi connectivity index (χ0n) is 11.0. The third kappa shape index (κ3) is 2.03. The number of rotatable bonds is 2. The summed E-state index contributed by atoms with van der Waals surface area (Å²) in [6, 6.07) is 16.4. The maximum Gasteiger partial charge on any atom is 0.262 e. The van der Waals surface area contributed by atoms with Crippen molar-refractivity contribution < 1.29 is 9.59 Å². The molecule has 0 aliphatic rings. The molecule has 0 amide bonds. The lowest BCUT2D eigenvalue weighted by Gasteiger charge is -2.04. The second-order valence-corrected chi connectivity index (χ2v) is 4.69. The van der Waals surface area contributed by atoms with E-state index in [0.29, 0.717) is 11.1 Å². The SMILES string of the molecule is CC(=O)c1ccc2c(ccn2C(=O)c2ccccc2)c1. The van der Waals surface area contributed by atoms with Crippen LogP contribution in [0.25, 0.3) is 10.9 Å². The third-order valence-electron chi connectivity index (χ3n) is 3.34. The second kappa shape index (κ2) is 4.78. The number of carbonyl (C=O) groups is 2. The molecule has 0 N–H and O–H groups in total. The second-order valence-electron chi connectivity index (χ2n) is 4.69. The number of fused-ring (bicyclic) bond motifs is 1. The van der Waals surface area contributed by atoms with Crippen LogP contribution in [0.1, 0.15) is 27.6 Å². The van der Waals surface area contributed by atoms with Gasteiger partial charge in [0.1, 0.15) is 0 Å². The summed E-state index contributed by atoms with van der Waals surface area (Å²) in [4.78, 5) is 23.8. The minimum Gasteiger partial charge on any atom is -0.295 e. The molecule has 0 radical (unpaired) electrons. The minimum atomic E-state index is -0.0730. The van der Waals surface area contributed by atoms with E-state index in [2.05, 4.69) is 0 Å². The average molecular weight is 263 g/mol. The van der Waals surface area contributed by atoms with Crippen LogP contribution < -0.4 is 0 Å². The maximum atomic E-state index is 12.4. The largest absolute Gasteiger partial charge is 0.295 e. The van der Waals surface area contributed by atoms with Crippen LogP contribution in [0.5, 0.6) is 0 Å². The molecule has 3 aromatic rings. The Morgan fingerprint density at radius 2 is 1.65 bits per heavy atom. The van der Waals surface area contributed by atoms with Crippen molar-refractivity contribution in [2.24, 2.45) is 0 Å². The Labute approximate surface area is 116 Å². The van der Waals surface area contributed by atoms with Gasteiger partial charge in [0.05, 0.1) is 5.52 Å². The molecule has 0 atom stereocenters. The van der Waals surface area contributed by atoms with Gasteiger partial charge in [0.15, 0.2) is 5.78 Å². The fourth-order valence-electron chi connectivity index (χ4n) is 2.26. The van der Waals surface area contributed by atoms with Gasteiger partial charge < -0.3 is 0 Å². The van der Waals surface area contributed by atoms with Crippen LogP contribution in [0.2, 0.25) is 0 Å². The number of benzene rings is 2. The topological polar surface area (TPSA) is 39.1 Å². The van der Waals surface area contributed by atoms with Crippen molar-refractivity contribution in [2.75, 3.05) is 0 Å². The van der Waals surface area contributed by atoms with Crippen molar-refractivity contribution >= 4 is 22.6 Å². The van der Waals surface area contributed by atoms with Crippen molar-refractivity contribution in [1.82, 2.24) is 4.57 Å². The highest BCUT2D eigenvalue weighted by atomic mass is 16.2. The van der Waals surface area contributed by atoms with Crippen LogP contribution in [0.4, 0.5) is 0 Å². The highest BCUT2D eigenvalue weighted by molar-refractivity contribution is 6.04. The lowest BCUT2D eigenvalue weighted by Crippen LogP contribution is -2.10. The first kappa shape index (κ1) is 12.4. The molecule has 0 aliphatic heterocycles. The van der Waals surface area contributed by atoms with Gasteiger partial charge in [0, 0.05) is 22.7 Å². The van der Waals surface area contributed by atoms with Crippen molar-refractivity contribution in [3.05, 3.63) is 71.9 Å². The molecule has 98 valence electrons. The van der Waals surface area contributed by atoms with Gasteiger partial charge in [0.2, 0.25) is 0 Å². The predicted molar refractivity (Wildman–Crippen MR) is 78.1 cm³/mol. The van der Waals surface area contributed by atoms with Gasteiger partial charge in [-0.2, -0.15) is 0 Å². The van der Waals surface area contributed by atoms with E-state index in [1.165, 1.54) is 6.92 Å². The maximum absolute atomic E-state index is 12.4. The zero-order valence-corrected chi connectivity index (χ0v) is 11.0. The summed E-state index contributed by atoms with van der Waals surface area (Å²) in [6.07, 6.45) is 1.74. The monoisotopic (exact) mass is 263 g/mol. The van der Waals surface area contributed by atoms with Crippen LogP contribution in [-0.2, 0) is 0 Å². The Morgan fingerprint density at radius 3 is 2.35 bits per heavy atom. The van der Waals surface area contributed by atoms with E-state index in [9.17, 15) is 9.59 Å². The van der Waals surface area contributed by atoms with Gasteiger partial charge >= 0.3 is 0 Å². The number of carbonyl (C=O) groups excluding carboxylic acids is 2. The molecular weight excluding hydrogens is 250 g/mol. The number of nitrogens with zero attached hydrogens (tertiary/aromatic N) is 1. The number of hydrogen-bond acceptors (Lipinski definition) is 2. The quantitative estimate of drug-likeness (QED) is 0.663. The molecule has 0 saturated heterocycles. The molecule has 1 aromatic heterocycles. The van der Waals surface area contributed by atoms with E-state index in [1.54, 1.807) is 29.0 Å². The van der Waals surface area contributed by atoms with Crippen molar-refractivity contribution in [1.29, 1.82) is 0 Å². The van der Waals surface area contributed by atoms with Crippen LogP contribution in [0.3, 0.4) is 0 Å². The summed E-state index contributed by atoms with van der Waals surface area (Å²) in [5.74, 6) is -0.0507. The molecule has 3 heteroatoms. The Morgan fingerprint density at radius 1 is 0.900 bits per heavy atom. The van der Waals surface area contributed by atoms with E-state index in [-0.39, 0.29) is 11.7 Å². The molecule has 0 unspecified atom stereocenters. The summed E-state index contributed by atoms with van der Waals surface area (Å²) in [7, 11) is 0. The fraction of sp³-hybridized carbons (Fsp3) is 0.0588. The molecule has 20 heavy (non-hydrogen) atoms. The minimum absolute atomic E-state index is 0.0223. The first-order valence-electron chi connectivity index (χ1n) is 6.38. The Bertz CT molecular complexity index is 800. The van der Waals surface area contributed by atoms with Crippen LogP contribution in [0, 0.1) is 0 Å². The summed E-state index contributed by atoms with van der Waals surface area (Å²) in [6.45, 7) is 1.54. The van der Waals surface area contributed by atoms with Gasteiger partial charge in [0.25, 0.3) is 5.91 Å². The molecule has 3 rings (SSSR count). The lowest BCUT2D eigenvalue weighted by atomic mass is 10.1. The predicted octanol–water partition coefficient (Wildman–Crippen LogP) is 3.53. The highest BCUT2D eigenvalue weighted by Crippen LogP contribution is 2.19. The van der Waals surface area contributed by atoms with E-state index in [4.69, 9.17) is 0 Å². The van der Waals surface area contributed by atoms with E-state index in [0.717, 1.165) is 10.9 Å². The van der Waals surface area contributed by atoms with Gasteiger partial charge in [-0.05, 0) is 43.3 Å². The summed E-state index contributed by atoms with van der Waals surface area (Å²) >= 11 is 0. The van der Waals surface area contributed by atoms with Gasteiger partial charge in [-0.15, -0.1) is 0 Å². The van der Waals surface area contributed by atoms with E-state index in [1.807, 2.05) is 36.4 Å². The summed E-state index contributed by atoms with van der Waals surface area (Å²) in [5.41, 5.74) is 2.10. The normalized spacial score (nSPS) is 10.7. The highest BCUT2D eigenvalue weighted by Gasteiger charge is 2.11. The van der Waals surface area contributed by atoms with Crippen molar-refractivity contribution in [3.8, 4) is 0 Å². The van der Waals surface area contributed by atoms with Gasteiger partial charge in [-0.3, -0.25) is 14.2 Å². The fourth-order valence-corrected chi connectivity index (χ4v) is 2.26. The molecule has 0 aliphatic carbocycles. The molecule has 3 nitrogen and oxygen atoms in total. The van der Waals surface area contributed by atoms with Crippen LogP contribution in [-0.4, -0.2) is 16.3 Å². The van der Waals surface area contributed by atoms with E-state index < -0.39 is 0 Å². The lowest BCUT2D eigenvalue weighted by molar-refractivity contribution is 0.0964. The van der Waals surface area contributed by atoms with Gasteiger partial charge in [-0.25, -0.2) is 0 Å². The Balaban J connectivity index is 2.09. The van der Waals surface area contributed by atoms with Gasteiger partial charge in [-0.1, -0.05) is 18.2 Å². The summed E-state index contributed by atoms with van der Waals surface area (Å²) < 4.78 is 1.61. The van der Waals surface area contributed by atoms with Crippen LogP contribution >= 0.6 is 0 Å². The molecule has 0 spiro atoms. The van der Waals surface area contributed by atoms with Crippen molar-refractivity contribution in [2.45, 2.75) is 6.92 Å². The number of hydrogen-bond donors (Lipinski definition) is 0. The van der Waals surface area contributed by atoms with Crippen LogP contribution in [0.15, 0.2) is 60.8 Å².